The highest BCUT2D eigenvalue weighted by molar-refractivity contribution is 7.89. The van der Waals surface area contributed by atoms with Crippen LogP contribution in [0.2, 0.25) is 0 Å². The Labute approximate surface area is 214 Å². The molecule has 0 aliphatic rings. The van der Waals surface area contributed by atoms with E-state index < -0.39 is 33.2 Å². The topological polar surface area (TPSA) is 119 Å². The molecule has 1 amide bonds. The molecule has 2 N–H and O–H groups in total. The Hall–Kier alpha value is -4.02. The van der Waals surface area contributed by atoms with Crippen LogP contribution in [0.1, 0.15) is 16.7 Å². The van der Waals surface area contributed by atoms with E-state index in [2.05, 4.69) is 10.0 Å². The minimum absolute atomic E-state index is 0.0795. The van der Waals surface area contributed by atoms with Crippen LogP contribution in [0.5, 0.6) is 0 Å². The van der Waals surface area contributed by atoms with Crippen molar-refractivity contribution in [1.29, 1.82) is 0 Å². The monoisotopic (exact) mass is 520 g/mol. The molecule has 1 heterocycles. The van der Waals surface area contributed by atoms with E-state index in [-0.39, 0.29) is 23.2 Å². The highest BCUT2D eigenvalue weighted by Crippen LogP contribution is 2.17. The standard InChI is InChI=1S/C27H28N4O5S/c1-18-9-11-20(12-10-18)17-28-25(32)23(15-19-7-5-4-6-8-19)29-37(35,36)21-13-14-24-22(16-21)26(33)31(3)27(34)30(24)2/h4-14,16,23,29H,15,17H2,1-3H3,(H,28,32)/t23-/m0/s1. The third-order valence-corrected chi connectivity index (χ3v) is 7.70. The van der Waals surface area contributed by atoms with Crippen molar-refractivity contribution in [2.75, 3.05) is 0 Å². The second-order valence-corrected chi connectivity index (χ2v) is 10.7. The molecule has 0 radical (unpaired) electrons. The Bertz CT molecular complexity index is 1670. The first-order valence-electron chi connectivity index (χ1n) is 11.7. The summed E-state index contributed by atoms with van der Waals surface area (Å²) in [5.41, 5.74) is 1.95. The van der Waals surface area contributed by atoms with Crippen molar-refractivity contribution in [2.24, 2.45) is 14.1 Å². The van der Waals surface area contributed by atoms with Crippen LogP contribution >= 0.6 is 0 Å². The zero-order valence-corrected chi connectivity index (χ0v) is 21.6. The summed E-state index contributed by atoms with van der Waals surface area (Å²) < 4.78 is 31.5. The smallest absolute Gasteiger partial charge is 0.330 e. The average molecular weight is 521 g/mol. The van der Waals surface area contributed by atoms with Gasteiger partial charge in [-0.25, -0.2) is 13.2 Å². The number of nitrogens with one attached hydrogen (secondary N) is 2. The molecule has 0 saturated carbocycles. The number of hydrogen-bond donors (Lipinski definition) is 2. The molecule has 192 valence electrons. The molecule has 0 spiro atoms. The molecular weight excluding hydrogens is 492 g/mol. The van der Waals surface area contributed by atoms with Gasteiger partial charge in [0.15, 0.2) is 0 Å². The second kappa shape index (κ2) is 10.5. The van der Waals surface area contributed by atoms with E-state index >= 15 is 0 Å². The molecule has 0 unspecified atom stereocenters. The van der Waals surface area contributed by atoms with Crippen LogP contribution in [0.15, 0.2) is 87.3 Å². The van der Waals surface area contributed by atoms with Crippen molar-refractivity contribution in [3.05, 3.63) is 110 Å². The molecule has 37 heavy (non-hydrogen) atoms. The lowest BCUT2D eigenvalue weighted by molar-refractivity contribution is -0.122. The van der Waals surface area contributed by atoms with Gasteiger partial charge in [-0.3, -0.25) is 18.7 Å². The number of benzene rings is 3. The van der Waals surface area contributed by atoms with Gasteiger partial charge in [-0.05, 0) is 42.7 Å². The van der Waals surface area contributed by atoms with Crippen LogP contribution in [-0.4, -0.2) is 29.5 Å². The zero-order chi connectivity index (χ0) is 26.7. The highest BCUT2D eigenvalue weighted by atomic mass is 32.2. The molecule has 4 rings (SSSR count). The summed E-state index contributed by atoms with van der Waals surface area (Å²) in [6.45, 7) is 2.21. The normalized spacial score (nSPS) is 12.4. The lowest BCUT2D eigenvalue weighted by atomic mass is 10.1. The van der Waals surface area contributed by atoms with Gasteiger partial charge in [-0.15, -0.1) is 0 Å². The molecule has 3 aromatic carbocycles. The fraction of sp³-hybridized carbons (Fsp3) is 0.222. The lowest BCUT2D eigenvalue weighted by Crippen LogP contribution is -2.47. The summed E-state index contributed by atoms with van der Waals surface area (Å²) in [7, 11) is -1.37. The number of fused-ring (bicyclic) bond motifs is 1. The number of rotatable bonds is 8. The molecule has 0 bridgehead atoms. The molecule has 4 aromatic rings. The van der Waals surface area contributed by atoms with E-state index in [1.807, 2.05) is 61.5 Å². The number of nitrogens with zero attached hydrogens (tertiary/aromatic N) is 2. The lowest BCUT2D eigenvalue weighted by Gasteiger charge is -2.19. The van der Waals surface area contributed by atoms with Crippen LogP contribution < -0.4 is 21.3 Å². The molecule has 0 aliphatic heterocycles. The maximum absolute atomic E-state index is 13.4. The van der Waals surface area contributed by atoms with E-state index in [9.17, 15) is 22.8 Å². The molecule has 0 fully saturated rings. The molecule has 9 nitrogen and oxygen atoms in total. The minimum atomic E-state index is -4.20. The number of aromatic nitrogens is 2. The molecule has 10 heteroatoms. The summed E-state index contributed by atoms with van der Waals surface area (Å²) in [6.07, 6.45) is 0.129. The van der Waals surface area contributed by atoms with Gasteiger partial charge >= 0.3 is 5.69 Å². The molecule has 1 atom stereocenters. The van der Waals surface area contributed by atoms with Gasteiger partial charge in [0, 0.05) is 20.6 Å². The van der Waals surface area contributed by atoms with Crippen LogP contribution in [-0.2, 0) is 41.9 Å². The Balaban J connectivity index is 1.64. The third kappa shape index (κ3) is 5.71. The number of sulfonamides is 1. The van der Waals surface area contributed by atoms with Crippen molar-refractivity contribution in [3.8, 4) is 0 Å². The Morgan fingerprint density at radius 1 is 0.892 bits per heavy atom. The van der Waals surface area contributed by atoms with Crippen LogP contribution in [0.25, 0.3) is 10.9 Å². The van der Waals surface area contributed by atoms with E-state index in [0.29, 0.717) is 5.52 Å². The van der Waals surface area contributed by atoms with Crippen LogP contribution in [0.3, 0.4) is 0 Å². The minimum Gasteiger partial charge on any atom is -0.351 e. The van der Waals surface area contributed by atoms with E-state index in [0.717, 1.165) is 21.3 Å². The summed E-state index contributed by atoms with van der Waals surface area (Å²) in [4.78, 5) is 37.9. The fourth-order valence-corrected chi connectivity index (χ4v) is 5.27. The Kier molecular flexibility index (Phi) is 7.42. The van der Waals surface area contributed by atoms with Gasteiger partial charge in [0.1, 0.15) is 6.04 Å². The van der Waals surface area contributed by atoms with Crippen LogP contribution in [0.4, 0.5) is 0 Å². The van der Waals surface area contributed by atoms with Gasteiger partial charge < -0.3 is 5.32 Å². The SMILES string of the molecule is Cc1ccc(CNC(=O)[C@H](Cc2ccccc2)NS(=O)(=O)c2ccc3c(c2)c(=O)n(C)c(=O)n3C)cc1. The first-order chi connectivity index (χ1) is 17.6. The summed E-state index contributed by atoms with van der Waals surface area (Å²) >= 11 is 0. The highest BCUT2D eigenvalue weighted by Gasteiger charge is 2.27. The first kappa shape index (κ1) is 26.1. The zero-order valence-electron chi connectivity index (χ0n) is 20.8. The number of aryl methyl sites for hydroxylation is 2. The van der Waals surface area contributed by atoms with E-state index in [1.165, 1.54) is 36.9 Å². The maximum atomic E-state index is 13.4. The molecule has 0 aliphatic carbocycles. The Morgan fingerprint density at radius 2 is 1.57 bits per heavy atom. The average Bonchev–Trinajstić information content (AvgIpc) is 2.90. The summed E-state index contributed by atoms with van der Waals surface area (Å²) in [5, 5.41) is 2.89. The van der Waals surface area contributed by atoms with Crippen molar-refractivity contribution in [3.63, 3.8) is 0 Å². The van der Waals surface area contributed by atoms with Gasteiger partial charge in [0.2, 0.25) is 15.9 Å². The first-order valence-corrected chi connectivity index (χ1v) is 13.1. The van der Waals surface area contributed by atoms with Gasteiger partial charge in [0.05, 0.1) is 15.8 Å². The second-order valence-electron chi connectivity index (χ2n) is 8.95. The number of carbonyl (C=O) groups excluding carboxylic acids is 1. The van der Waals surface area contributed by atoms with Crippen molar-refractivity contribution in [2.45, 2.75) is 30.8 Å². The third-order valence-electron chi connectivity index (χ3n) is 6.23. The quantitative estimate of drug-likeness (QED) is 0.367. The largest absolute Gasteiger partial charge is 0.351 e. The predicted molar refractivity (Wildman–Crippen MR) is 142 cm³/mol. The fourth-order valence-electron chi connectivity index (χ4n) is 4.05. The van der Waals surface area contributed by atoms with Crippen molar-refractivity contribution >= 4 is 26.8 Å². The number of hydrogen-bond acceptors (Lipinski definition) is 5. The summed E-state index contributed by atoms with van der Waals surface area (Å²) in [6, 6.07) is 19.6. The predicted octanol–water partition coefficient (Wildman–Crippen LogP) is 1.75. The van der Waals surface area contributed by atoms with E-state index in [1.54, 1.807) is 0 Å². The van der Waals surface area contributed by atoms with Crippen molar-refractivity contribution in [1.82, 2.24) is 19.2 Å². The number of amides is 1. The molecule has 1 aromatic heterocycles. The van der Waals surface area contributed by atoms with Gasteiger partial charge in [0.25, 0.3) is 5.56 Å². The van der Waals surface area contributed by atoms with Crippen molar-refractivity contribution < 1.29 is 13.2 Å². The number of carbonyl (C=O) groups is 1. The summed E-state index contributed by atoms with van der Waals surface area (Å²) in [5.74, 6) is -0.480. The van der Waals surface area contributed by atoms with Gasteiger partial charge in [-0.2, -0.15) is 4.72 Å². The molecular formula is C27H28N4O5S. The van der Waals surface area contributed by atoms with Gasteiger partial charge in [-0.1, -0.05) is 60.2 Å². The van der Waals surface area contributed by atoms with Crippen LogP contribution in [0, 0.1) is 6.92 Å². The Morgan fingerprint density at radius 3 is 2.24 bits per heavy atom. The maximum Gasteiger partial charge on any atom is 0.330 e. The molecule has 0 saturated heterocycles. The van der Waals surface area contributed by atoms with E-state index in [4.69, 9.17) is 0 Å².